The van der Waals surface area contributed by atoms with E-state index in [1.165, 1.54) is 5.56 Å². The van der Waals surface area contributed by atoms with Crippen molar-refractivity contribution in [1.29, 1.82) is 5.26 Å². The molecule has 2 heteroatoms. The first-order valence-electron chi connectivity index (χ1n) is 6.81. The highest BCUT2D eigenvalue weighted by Crippen LogP contribution is 2.25. The Balaban J connectivity index is 2.14. The number of aromatic nitrogens is 1. The maximum atomic E-state index is 9.29. The van der Waals surface area contributed by atoms with Gasteiger partial charge in [0.2, 0.25) is 0 Å². The molecule has 0 aliphatic heterocycles. The number of nitriles is 1. The molecule has 2 nitrogen and oxygen atoms in total. The number of rotatable bonds is 2. The predicted molar refractivity (Wildman–Crippen MR) is 84.6 cm³/mol. The van der Waals surface area contributed by atoms with E-state index >= 15 is 0 Å². The number of pyridine rings is 1. The van der Waals surface area contributed by atoms with Crippen LogP contribution in [0.3, 0.4) is 0 Å². The van der Waals surface area contributed by atoms with Crippen LogP contribution >= 0.6 is 0 Å². The van der Waals surface area contributed by atoms with Gasteiger partial charge in [-0.3, -0.25) is 0 Å². The fraction of sp³-hybridized carbons (Fsp3) is 0.0526. The van der Waals surface area contributed by atoms with E-state index in [1.807, 2.05) is 42.5 Å². The molecule has 0 N–H and O–H groups in total. The summed E-state index contributed by atoms with van der Waals surface area (Å²) < 4.78 is 0. The Bertz CT molecular complexity index is 797. The number of hydrogen-bond acceptors (Lipinski definition) is 2. The maximum absolute atomic E-state index is 9.29. The minimum Gasteiger partial charge on any atom is -0.246 e. The van der Waals surface area contributed by atoms with Crippen molar-refractivity contribution in [3.63, 3.8) is 0 Å². The van der Waals surface area contributed by atoms with Gasteiger partial charge in [0.05, 0.1) is 17.0 Å². The Labute approximate surface area is 124 Å². The second-order valence-electron chi connectivity index (χ2n) is 4.94. The van der Waals surface area contributed by atoms with Crippen LogP contribution in [0.5, 0.6) is 0 Å². The van der Waals surface area contributed by atoms with Crippen molar-refractivity contribution in [2.45, 2.75) is 6.92 Å². The van der Waals surface area contributed by atoms with Gasteiger partial charge in [0.1, 0.15) is 6.07 Å². The zero-order valence-electron chi connectivity index (χ0n) is 11.7. The number of benzene rings is 2. The maximum Gasteiger partial charge on any atom is 0.101 e. The molecule has 0 bridgehead atoms. The largest absolute Gasteiger partial charge is 0.246 e. The lowest BCUT2D eigenvalue weighted by Crippen LogP contribution is -1.92. The summed E-state index contributed by atoms with van der Waals surface area (Å²) in [6.45, 7) is 2.06. The van der Waals surface area contributed by atoms with Gasteiger partial charge in [0, 0.05) is 11.1 Å². The van der Waals surface area contributed by atoms with Crippen molar-refractivity contribution >= 4 is 0 Å². The molecule has 0 spiro atoms. The van der Waals surface area contributed by atoms with E-state index in [1.54, 1.807) is 0 Å². The average Bonchev–Trinajstić information content (AvgIpc) is 2.56. The molecule has 100 valence electrons. The van der Waals surface area contributed by atoms with Gasteiger partial charge in [-0.2, -0.15) is 5.26 Å². The third-order valence-corrected chi connectivity index (χ3v) is 3.41. The zero-order valence-corrected chi connectivity index (χ0v) is 11.7. The van der Waals surface area contributed by atoms with Gasteiger partial charge < -0.3 is 0 Å². The molecule has 0 radical (unpaired) electrons. The standard InChI is InChI=1S/C19H14N2/c1-14-7-9-15(10-8-14)18-12-11-17(13-20)19(21-18)16-5-3-2-4-6-16/h2-12H,1H3. The summed E-state index contributed by atoms with van der Waals surface area (Å²) in [6, 6.07) is 24.0. The van der Waals surface area contributed by atoms with Crippen LogP contribution in [0.4, 0.5) is 0 Å². The Morgan fingerprint density at radius 2 is 1.52 bits per heavy atom. The summed E-state index contributed by atoms with van der Waals surface area (Å²) >= 11 is 0. The molecule has 21 heavy (non-hydrogen) atoms. The van der Waals surface area contributed by atoms with Crippen LogP contribution in [0, 0.1) is 18.3 Å². The van der Waals surface area contributed by atoms with Crippen LogP contribution in [0.2, 0.25) is 0 Å². The summed E-state index contributed by atoms with van der Waals surface area (Å²) in [4.78, 5) is 4.69. The van der Waals surface area contributed by atoms with Crippen molar-refractivity contribution < 1.29 is 0 Å². The second kappa shape index (κ2) is 5.60. The molecule has 0 amide bonds. The lowest BCUT2D eigenvalue weighted by Gasteiger charge is -2.07. The SMILES string of the molecule is Cc1ccc(-c2ccc(C#N)c(-c3ccccc3)n2)cc1. The van der Waals surface area contributed by atoms with Crippen molar-refractivity contribution in [3.05, 3.63) is 77.9 Å². The number of hydrogen-bond donors (Lipinski definition) is 0. The fourth-order valence-electron chi connectivity index (χ4n) is 2.25. The van der Waals surface area contributed by atoms with Gasteiger partial charge >= 0.3 is 0 Å². The molecule has 2 aromatic carbocycles. The summed E-state index contributed by atoms with van der Waals surface area (Å²) in [5.74, 6) is 0. The van der Waals surface area contributed by atoms with E-state index in [4.69, 9.17) is 4.98 Å². The van der Waals surface area contributed by atoms with Gasteiger partial charge in [-0.05, 0) is 19.1 Å². The van der Waals surface area contributed by atoms with Crippen molar-refractivity contribution in [2.24, 2.45) is 0 Å². The van der Waals surface area contributed by atoms with Gasteiger partial charge in [0.15, 0.2) is 0 Å². The lowest BCUT2D eigenvalue weighted by molar-refractivity contribution is 1.30. The summed E-state index contributed by atoms with van der Waals surface area (Å²) in [6.07, 6.45) is 0. The van der Waals surface area contributed by atoms with Crippen LogP contribution in [0.15, 0.2) is 66.7 Å². The first-order valence-corrected chi connectivity index (χ1v) is 6.81. The highest BCUT2D eigenvalue weighted by atomic mass is 14.7. The summed E-state index contributed by atoms with van der Waals surface area (Å²) in [7, 11) is 0. The molecule has 0 unspecified atom stereocenters. The Morgan fingerprint density at radius 3 is 2.19 bits per heavy atom. The fourth-order valence-corrected chi connectivity index (χ4v) is 2.25. The van der Waals surface area contributed by atoms with Gasteiger partial charge in [0.25, 0.3) is 0 Å². The highest BCUT2D eigenvalue weighted by molar-refractivity contribution is 5.71. The molecule has 1 heterocycles. The molecule has 0 aliphatic carbocycles. The molecule has 3 rings (SSSR count). The van der Waals surface area contributed by atoms with E-state index < -0.39 is 0 Å². The molecule has 0 saturated carbocycles. The number of nitrogens with zero attached hydrogens (tertiary/aromatic N) is 2. The molecule has 0 atom stereocenters. The molecular formula is C19H14N2. The molecule has 1 aromatic heterocycles. The van der Waals surface area contributed by atoms with Crippen LogP contribution in [-0.4, -0.2) is 4.98 Å². The van der Waals surface area contributed by atoms with Gasteiger partial charge in [-0.15, -0.1) is 0 Å². The number of aryl methyl sites for hydroxylation is 1. The van der Waals surface area contributed by atoms with E-state index in [2.05, 4.69) is 37.3 Å². The first kappa shape index (κ1) is 13.1. The molecule has 0 aliphatic rings. The Kier molecular flexibility index (Phi) is 3.49. The molecule has 0 fully saturated rings. The van der Waals surface area contributed by atoms with Crippen LogP contribution < -0.4 is 0 Å². The highest BCUT2D eigenvalue weighted by Gasteiger charge is 2.09. The van der Waals surface area contributed by atoms with E-state index in [9.17, 15) is 5.26 Å². The second-order valence-corrected chi connectivity index (χ2v) is 4.94. The van der Waals surface area contributed by atoms with Crippen molar-refractivity contribution in [2.75, 3.05) is 0 Å². The smallest absolute Gasteiger partial charge is 0.101 e. The molecule has 0 saturated heterocycles. The topological polar surface area (TPSA) is 36.7 Å². The molecule has 3 aromatic rings. The Hall–Kier alpha value is -2.92. The predicted octanol–water partition coefficient (Wildman–Crippen LogP) is 4.60. The van der Waals surface area contributed by atoms with Gasteiger partial charge in [-0.1, -0.05) is 60.2 Å². The third-order valence-electron chi connectivity index (χ3n) is 3.41. The van der Waals surface area contributed by atoms with E-state index in [0.717, 1.165) is 22.5 Å². The van der Waals surface area contributed by atoms with E-state index in [0.29, 0.717) is 5.56 Å². The first-order chi connectivity index (χ1) is 10.3. The normalized spacial score (nSPS) is 10.1. The minimum absolute atomic E-state index is 0.595. The van der Waals surface area contributed by atoms with Crippen molar-refractivity contribution in [1.82, 2.24) is 4.98 Å². The van der Waals surface area contributed by atoms with Crippen LogP contribution in [0.1, 0.15) is 11.1 Å². The third kappa shape index (κ3) is 2.68. The summed E-state index contributed by atoms with van der Waals surface area (Å²) in [5.41, 5.74) is 5.45. The zero-order chi connectivity index (χ0) is 14.7. The van der Waals surface area contributed by atoms with Gasteiger partial charge in [-0.25, -0.2) is 4.98 Å². The van der Waals surface area contributed by atoms with Crippen molar-refractivity contribution in [3.8, 4) is 28.6 Å². The monoisotopic (exact) mass is 270 g/mol. The van der Waals surface area contributed by atoms with Crippen LogP contribution in [-0.2, 0) is 0 Å². The summed E-state index contributed by atoms with van der Waals surface area (Å²) in [5, 5.41) is 9.29. The van der Waals surface area contributed by atoms with Crippen LogP contribution in [0.25, 0.3) is 22.5 Å². The minimum atomic E-state index is 0.595. The Morgan fingerprint density at radius 1 is 0.810 bits per heavy atom. The van der Waals surface area contributed by atoms with E-state index in [-0.39, 0.29) is 0 Å². The average molecular weight is 270 g/mol. The lowest BCUT2D eigenvalue weighted by atomic mass is 10.0. The molecular weight excluding hydrogens is 256 g/mol. The quantitative estimate of drug-likeness (QED) is 0.682.